The number of nitrogens with one attached hydrogen (secondary N) is 1. The van der Waals surface area contributed by atoms with Crippen LogP contribution in [-0.2, 0) is 12.1 Å². The molecular formula is C21H19ClF3NO2. The molecule has 0 saturated heterocycles. The summed E-state index contributed by atoms with van der Waals surface area (Å²) in [5, 5.41) is 13.4. The average Bonchev–Trinajstić information content (AvgIpc) is 2.66. The third kappa shape index (κ3) is 5.00. The topological polar surface area (TPSA) is 41.5 Å². The zero-order valence-corrected chi connectivity index (χ0v) is 16.0. The molecule has 0 bridgehead atoms. The number of alkyl halides is 3. The molecule has 0 aliphatic carbocycles. The van der Waals surface area contributed by atoms with E-state index in [1.54, 1.807) is 38.3 Å². The maximum atomic E-state index is 13.7. The van der Waals surface area contributed by atoms with Crippen LogP contribution in [0.4, 0.5) is 18.9 Å². The number of allylic oxidation sites excluding steroid dienone is 2. The molecular weight excluding hydrogens is 391 g/mol. The van der Waals surface area contributed by atoms with Crippen LogP contribution in [0, 0.1) is 11.8 Å². The maximum absolute atomic E-state index is 13.7. The van der Waals surface area contributed by atoms with Crippen molar-refractivity contribution in [2.75, 3.05) is 12.4 Å². The second-order valence-electron chi connectivity index (χ2n) is 5.87. The first-order valence-electron chi connectivity index (χ1n) is 8.31. The number of aliphatic hydroxyl groups is 1. The predicted octanol–water partition coefficient (Wildman–Crippen LogP) is 5.29. The fourth-order valence-corrected chi connectivity index (χ4v) is 2.60. The highest BCUT2D eigenvalue weighted by Gasteiger charge is 2.55. The number of anilines is 1. The first-order valence-corrected chi connectivity index (χ1v) is 8.69. The van der Waals surface area contributed by atoms with Gasteiger partial charge in [-0.05, 0) is 54.8 Å². The van der Waals surface area contributed by atoms with Crippen molar-refractivity contribution in [2.24, 2.45) is 0 Å². The molecule has 2 rings (SSSR count). The summed E-state index contributed by atoms with van der Waals surface area (Å²) in [7, 11) is 1.54. The van der Waals surface area contributed by atoms with Crippen molar-refractivity contribution in [1.82, 2.24) is 0 Å². The lowest BCUT2D eigenvalue weighted by Crippen LogP contribution is -2.41. The van der Waals surface area contributed by atoms with Gasteiger partial charge in [-0.1, -0.05) is 35.7 Å². The zero-order chi connectivity index (χ0) is 20.8. The van der Waals surface area contributed by atoms with E-state index in [0.717, 1.165) is 11.6 Å². The minimum Gasteiger partial charge on any atom is -0.497 e. The van der Waals surface area contributed by atoms with Gasteiger partial charge in [-0.3, -0.25) is 0 Å². The molecule has 148 valence electrons. The van der Waals surface area contributed by atoms with Gasteiger partial charge in [0.1, 0.15) is 5.75 Å². The van der Waals surface area contributed by atoms with Crippen LogP contribution in [0.5, 0.6) is 5.75 Å². The summed E-state index contributed by atoms with van der Waals surface area (Å²) in [6.07, 6.45) is -2.32. The first-order chi connectivity index (χ1) is 13.2. The van der Waals surface area contributed by atoms with E-state index in [2.05, 4.69) is 11.2 Å². The molecule has 0 amide bonds. The van der Waals surface area contributed by atoms with Gasteiger partial charge >= 0.3 is 6.18 Å². The van der Waals surface area contributed by atoms with Crippen molar-refractivity contribution in [2.45, 2.75) is 25.2 Å². The molecule has 0 aliphatic heterocycles. The molecule has 2 aromatic carbocycles. The Morgan fingerprint density at radius 1 is 1.18 bits per heavy atom. The van der Waals surface area contributed by atoms with Gasteiger partial charge in [-0.15, -0.1) is 0 Å². The predicted molar refractivity (Wildman–Crippen MR) is 104 cm³/mol. The van der Waals surface area contributed by atoms with E-state index in [1.807, 2.05) is 5.92 Å². The van der Waals surface area contributed by atoms with Gasteiger partial charge in [0.05, 0.1) is 7.11 Å². The third-order valence-electron chi connectivity index (χ3n) is 3.93. The largest absolute Gasteiger partial charge is 0.497 e. The number of rotatable bonds is 5. The number of methoxy groups -OCH3 is 1. The molecule has 2 aromatic rings. The van der Waals surface area contributed by atoms with Gasteiger partial charge < -0.3 is 15.2 Å². The lowest BCUT2D eigenvalue weighted by Gasteiger charge is -2.28. The molecule has 0 radical (unpaired) electrons. The minimum absolute atomic E-state index is 0.0560. The van der Waals surface area contributed by atoms with Crippen LogP contribution in [-0.4, -0.2) is 18.4 Å². The summed E-state index contributed by atoms with van der Waals surface area (Å²) in [5.41, 5.74) is -2.94. The number of benzene rings is 2. The summed E-state index contributed by atoms with van der Waals surface area (Å²) >= 11 is 5.90. The van der Waals surface area contributed by atoms with Gasteiger partial charge in [0, 0.05) is 22.8 Å². The molecule has 1 atom stereocenters. The summed E-state index contributed by atoms with van der Waals surface area (Å²) < 4.78 is 46.2. The highest BCUT2D eigenvalue weighted by molar-refractivity contribution is 6.30. The lowest BCUT2D eigenvalue weighted by molar-refractivity contribution is -0.240. The lowest BCUT2D eigenvalue weighted by atomic mass is 9.91. The number of halogens is 4. The molecule has 0 spiro atoms. The van der Waals surface area contributed by atoms with E-state index in [1.165, 1.54) is 24.3 Å². The Bertz CT molecular complexity index is 899. The zero-order valence-electron chi connectivity index (χ0n) is 15.3. The van der Waals surface area contributed by atoms with E-state index in [0.29, 0.717) is 5.75 Å². The number of ether oxygens (including phenoxy) is 1. The van der Waals surface area contributed by atoms with Crippen LogP contribution in [0.2, 0.25) is 5.02 Å². The monoisotopic (exact) mass is 409 g/mol. The Hall–Kier alpha value is -2.62. The van der Waals surface area contributed by atoms with Crippen LogP contribution < -0.4 is 10.1 Å². The molecule has 28 heavy (non-hydrogen) atoms. The molecule has 0 aromatic heterocycles. The van der Waals surface area contributed by atoms with Crippen molar-refractivity contribution in [3.05, 3.63) is 70.8 Å². The van der Waals surface area contributed by atoms with Gasteiger partial charge in [-0.2, -0.15) is 13.2 Å². The maximum Gasteiger partial charge on any atom is 0.433 e. The average molecular weight is 410 g/mol. The molecule has 3 nitrogen and oxygen atoms in total. The Morgan fingerprint density at radius 3 is 2.43 bits per heavy atom. The summed E-state index contributed by atoms with van der Waals surface area (Å²) in [6.45, 7) is 1.84. The molecule has 2 N–H and O–H groups in total. The smallest absolute Gasteiger partial charge is 0.433 e. The summed E-state index contributed by atoms with van der Waals surface area (Å²) in [6, 6.07) is 10.9. The highest BCUT2D eigenvalue weighted by atomic mass is 35.5. The fourth-order valence-electron chi connectivity index (χ4n) is 2.43. The van der Waals surface area contributed by atoms with Crippen molar-refractivity contribution < 1.29 is 23.0 Å². The molecule has 0 fully saturated rings. The normalized spacial score (nSPS) is 13.5. The van der Waals surface area contributed by atoms with E-state index in [9.17, 15) is 18.3 Å². The van der Waals surface area contributed by atoms with E-state index in [-0.39, 0.29) is 17.3 Å². The quantitative estimate of drug-likeness (QED) is 0.659. The van der Waals surface area contributed by atoms with E-state index >= 15 is 0 Å². The second kappa shape index (κ2) is 9.05. The van der Waals surface area contributed by atoms with Gasteiger partial charge in [0.25, 0.3) is 5.60 Å². The molecule has 0 unspecified atom stereocenters. The van der Waals surface area contributed by atoms with Crippen LogP contribution >= 0.6 is 11.6 Å². The van der Waals surface area contributed by atoms with Gasteiger partial charge in [0.15, 0.2) is 0 Å². The van der Waals surface area contributed by atoms with Crippen molar-refractivity contribution in [3.63, 3.8) is 0 Å². The summed E-state index contributed by atoms with van der Waals surface area (Å²) in [5.74, 6) is 4.81. The standard InChI is InChI=1S/C21H19ClF3NO2/c1-3-4-5-12-20(27,21(23,24)25)18-13-16(22)8-11-19(18)26-14-15-6-9-17(28-2)10-7-15/h3-4,6-11,13,26-27H,14H2,1-2H3/b4-3+/t20-/m0/s1. The van der Waals surface area contributed by atoms with Gasteiger partial charge in [0.2, 0.25) is 0 Å². The van der Waals surface area contributed by atoms with Crippen molar-refractivity contribution >= 4 is 17.3 Å². The number of hydrogen-bond donors (Lipinski definition) is 2. The third-order valence-corrected chi connectivity index (χ3v) is 4.16. The molecule has 0 saturated carbocycles. The first kappa shape index (κ1) is 21.7. The Balaban J connectivity index is 2.42. The molecule has 7 heteroatoms. The number of hydrogen-bond acceptors (Lipinski definition) is 3. The van der Waals surface area contributed by atoms with Crippen LogP contribution in [0.15, 0.2) is 54.6 Å². The summed E-state index contributed by atoms with van der Waals surface area (Å²) in [4.78, 5) is 0. The minimum atomic E-state index is -5.02. The van der Waals surface area contributed by atoms with E-state index in [4.69, 9.17) is 16.3 Å². The SMILES string of the molecule is C/C=C/C#C[C@](O)(c1cc(Cl)ccc1NCc1ccc(OC)cc1)C(F)(F)F. The van der Waals surface area contributed by atoms with Crippen LogP contribution in [0.25, 0.3) is 0 Å². The second-order valence-corrected chi connectivity index (χ2v) is 6.31. The Morgan fingerprint density at radius 2 is 1.86 bits per heavy atom. The molecule has 0 aliphatic rings. The van der Waals surface area contributed by atoms with Crippen LogP contribution in [0.3, 0.4) is 0 Å². The van der Waals surface area contributed by atoms with Gasteiger partial charge in [-0.25, -0.2) is 0 Å². The Kier molecular flexibility index (Phi) is 7.00. The van der Waals surface area contributed by atoms with E-state index < -0.39 is 17.3 Å². The highest BCUT2D eigenvalue weighted by Crippen LogP contribution is 2.42. The van der Waals surface area contributed by atoms with Crippen LogP contribution in [0.1, 0.15) is 18.1 Å². The van der Waals surface area contributed by atoms with Crippen molar-refractivity contribution in [3.8, 4) is 17.6 Å². The molecule has 0 heterocycles. The van der Waals surface area contributed by atoms with Crippen molar-refractivity contribution in [1.29, 1.82) is 0 Å². The fraction of sp³-hybridized carbons (Fsp3) is 0.238. The Labute approximate surface area is 166 Å².